The van der Waals surface area contributed by atoms with Gasteiger partial charge in [-0.15, -0.1) is 0 Å². The summed E-state index contributed by atoms with van der Waals surface area (Å²) >= 11 is 0. The maximum atomic E-state index is 13.4. The number of aryl methyl sites for hydroxylation is 4. The fraction of sp³-hybridized carbons (Fsp3) is 0.444. The molecule has 24 nitrogen and oxygen atoms in total. The first kappa shape index (κ1) is 66.1. The molecule has 0 unspecified atom stereocenters. The van der Waals surface area contributed by atoms with Crippen LogP contribution in [0, 0.1) is 13.8 Å². The number of piperazine rings is 1. The third kappa shape index (κ3) is 20.1. The minimum Gasteiger partial charge on any atom is -0.494 e. The number of aliphatic imine (C=N–C) groups is 1. The molecule has 1 fully saturated rings. The molecule has 1 aliphatic heterocycles. The third-order valence-corrected chi connectivity index (χ3v) is 11.0. The molecule has 0 aliphatic carbocycles. The number of anilines is 2. The number of rotatable bonds is 22. The summed E-state index contributed by atoms with van der Waals surface area (Å²) in [4.78, 5) is 84.1. The lowest BCUT2D eigenvalue weighted by Crippen LogP contribution is -2.48. The van der Waals surface area contributed by atoms with E-state index in [1.165, 1.54) is 21.2 Å². The summed E-state index contributed by atoms with van der Waals surface area (Å²) in [6.07, 6.45) is 10.0. The fourth-order valence-corrected chi connectivity index (χ4v) is 7.55. The van der Waals surface area contributed by atoms with Crippen molar-refractivity contribution in [2.24, 2.45) is 16.5 Å². The zero-order chi connectivity index (χ0) is 58.4. The quantitative estimate of drug-likeness (QED) is 0.0199. The molecule has 4 heterocycles. The van der Waals surface area contributed by atoms with Crippen LogP contribution >= 0.6 is 0 Å². The number of nitrogens with zero attached hydrogens (tertiary/aromatic N) is 10. The lowest BCUT2D eigenvalue weighted by Gasteiger charge is -2.33. The molecule has 3 amide bonds. The van der Waals surface area contributed by atoms with Crippen LogP contribution in [0.25, 0.3) is 11.0 Å². The Labute approximate surface area is 457 Å². The van der Waals surface area contributed by atoms with Crippen molar-refractivity contribution in [2.75, 3.05) is 98.1 Å². The average Bonchev–Trinajstić information content (AvgIpc) is 4.23. The summed E-state index contributed by atoms with van der Waals surface area (Å²) in [6, 6.07) is 10.0. The predicted octanol–water partition coefficient (Wildman–Crippen LogP) is 5.04. The van der Waals surface area contributed by atoms with Crippen molar-refractivity contribution in [2.45, 2.75) is 73.7 Å². The third-order valence-electron chi connectivity index (χ3n) is 11.0. The fourth-order valence-electron chi connectivity index (χ4n) is 7.55. The predicted molar refractivity (Wildman–Crippen MR) is 306 cm³/mol. The number of methoxy groups -OCH3 is 1. The van der Waals surface area contributed by atoms with E-state index in [0.29, 0.717) is 107 Å². The van der Waals surface area contributed by atoms with Gasteiger partial charge < -0.3 is 55.6 Å². The first-order valence-electron chi connectivity index (χ1n) is 25.3. The number of hydrogen-bond donors (Lipinski definition) is 5. The van der Waals surface area contributed by atoms with Gasteiger partial charge in [0, 0.05) is 70.0 Å². The van der Waals surface area contributed by atoms with Gasteiger partial charge in [0.15, 0.2) is 6.29 Å². The van der Waals surface area contributed by atoms with Gasteiger partial charge in [0.05, 0.1) is 36.4 Å². The number of carbonyl (C=O) groups is 6. The Morgan fingerprint density at radius 1 is 0.833 bits per heavy atom. The highest BCUT2D eigenvalue weighted by Crippen LogP contribution is 2.39. The summed E-state index contributed by atoms with van der Waals surface area (Å²) in [5.41, 5.74) is 14.2. The van der Waals surface area contributed by atoms with Crippen LogP contribution in [0.5, 0.6) is 11.5 Å². The zero-order valence-corrected chi connectivity index (χ0v) is 47.4. The van der Waals surface area contributed by atoms with E-state index in [9.17, 15) is 28.8 Å². The van der Waals surface area contributed by atoms with Crippen LogP contribution in [0.2, 0.25) is 0 Å². The Morgan fingerprint density at radius 2 is 1.46 bits per heavy atom. The van der Waals surface area contributed by atoms with Crippen molar-refractivity contribution >= 4 is 72.3 Å². The van der Waals surface area contributed by atoms with E-state index in [1.807, 2.05) is 65.5 Å². The summed E-state index contributed by atoms with van der Waals surface area (Å²) in [5.74, 6) is 0.733. The Morgan fingerprint density at radius 3 is 2.03 bits per heavy atom. The van der Waals surface area contributed by atoms with Crippen molar-refractivity contribution < 1.29 is 43.0 Å². The highest BCUT2D eigenvalue weighted by Gasteiger charge is 2.25. The number of allylic oxidation sites excluding steroid dienone is 1. The number of benzene rings is 2. The number of hydrogen-bond acceptors (Lipinski definition) is 18. The van der Waals surface area contributed by atoms with E-state index in [-0.39, 0.29) is 36.7 Å². The summed E-state index contributed by atoms with van der Waals surface area (Å²) in [6.45, 7) is 23.2. The highest BCUT2D eigenvalue weighted by atomic mass is 16.6. The van der Waals surface area contributed by atoms with Gasteiger partial charge in [-0.25, -0.2) is 9.78 Å². The maximum absolute atomic E-state index is 13.4. The van der Waals surface area contributed by atoms with Crippen molar-refractivity contribution in [3.8, 4) is 11.5 Å². The van der Waals surface area contributed by atoms with E-state index in [2.05, 4.69) is 66.3 Å². The Balaban J connectivity index is 0.000000602. The van der Waals surface area contributed by atoms with E-state index in [0.717, 1.165) is 44.7 Å². The van der Waals surface area contributed by atoms with Crippen LogP contribution in [0.1, 0.15) is 87.7 Å². The van der Waals surface area contributed by atoms with Crippen LogP contribution < -0.4 is 41.8 Å². The zero-order valence-electron chi connectivity index (χ0n) is 47.4. The molecule has 2 aromatic carbocycles. The number of imidazole rings is 1. The number of nitrogens with two attached hydrogens (primary N) is 2. The SMILES string of the molecule is C=Nc1cc(C=O)cc(OC/C=C/CNC=O)c1N(C/C=C/Cn1c(NC(=O)c2cc(C)nn2CC)nc2cc(C=O)cc(OC)c21)CNC.CCn1nc(C)cc1C=O.CN.CN.CN1CCN(C(=O)OC(C)(C)C)CC1. The minimum atomic E-state index is -0.388. The molecule has 1 saturated heterocycles. The number of aromatic nitrogens is 6. The number of amides is 3. The smallest absolute Gasteiger partial charge is 0.410 e. The van der Waals surface area contributed by atoms with Crippen molar-refractivity contribution in [3.63, 3.8) is 0 Å². The average molecular weight is 1080 g/mol. The van der Waals surface area contributed by atoms with E-state index >= 15 is 0 Å². The molecule has 0 radical (unpaired) electrons. The monoisotopic (exact) mass is 1080 g/mol. The van der Waals surface area contributed by atoms with Gasteiger partial charge in [-0.1, -0.05) is 18.2 Å². The van der Waals surface area contributed by atoms with Crippen LogP contribution in [0.4, 0.5) is 22.1 Å². The molecule has 6 rings (SSSR count). The number of nitrogens with one attached hydrogen (secondary N) is 3. The molecule has 0 saturated carbocycles. The summed E-state index contributed by atoms with van der Waals surface area (Å²) < 4.78 is 22.1. The number of fused-ring (bicyclic) bond motifs is 1. The lowest BCUT2D eigenvalue weighted by molar-refractivity contribution is -0.109. The molecule has 0 bridgehead atoms. The molecule has 24 heteroatoms. The molecular weight excluding hydrogens is 1000 g/mol. The molecule has 5 aromatic rings. The van der Waals surface area contributed by atoms with Crippen LogP contribution in [-0.4, -0.2) is 176 Å². The topological polar surface area (TPSA) is 294 Å². The van der Waals surface area contributed by atoms with Crippen molar-refractivity contribution in [1.29, 1.82) is 0 Å². The van der Waals surface area contributed by atoms with Crippen LogP contribution in [0.3, 0.4) is 0 Å². The Bertz CT molecular complexity index is 2770. The van der Waals surface area contributed by atoms with Gasteiger partial charge in [-0.2, -0.15) is 10.2 Å². The van der Waals surface area contributed by atoms with Crippen molar-refractivity contribution in [3.05, 3.63) is 94.6 Å². The van der Waals surface area contributed by atoms with Gasteiger partial charge in [-0.05, 0) is 126 Å². The normalized spacial score (nSPS) is 12.1. The highest BCUT2D eigenvalue weighted by molar-refractivity contribution is 6.03. The number of aldehydes is 3. The van der Waals surface area contributed by atoms with Gasteiger partial charge in [0.25, 0.3) is 5.91 Å². The standard InChI is InChI=1S/C35H41N9O6.C10H20N2O2.C7H10N2O.2CH5N/c1-6-44-29(15-24(2)41-44)34(48)40-35-39-28-17-26(21-46)18-30(49-5)33(28)43(35)13-9-8-12-42(22-36-3)32-27(37-4)16-25(20-45)19-31(32)50-14-10-7-11-38-23-47;1-10(2,3)14-9(13)12-7-5-11(4)6-8-12;1-3-9-7(5-10)4-6(2)8-9;2*1-2/h7-10,15-21,23,36H,4,6,11-14,22H2,1-3,5H3,(H,38,47)(H,39,40,48);5-8H2,1-4H3;4-5H,3H2,1-2H3;2*2H2,1H3/b9-8+,10-7+;;;;. The minimum absolute atomic E-state index is 0.185. The van der Waals surface area contributed by atoms with Crippen LogP contribution in [0.15, 0.2) is 65.7 Å². The molecule has 426 valence electrons. The lowest BCUT2D eigenvalue weighted by atomic mass is 10.1. The van der Waals surface area contributed by atoms with Gasteiger partial charge in [-0.3, -0.25) is 43.6 Å². The molecule has 0 spiro atoms. The second kappa shape index (κ2) is 34.6. The largest absolute Gasteiger partial charge is 0.494 e. The van der Waals surface area contributed by atoms with E-state index in [1.54, 1.807) is 74.4 Å². The molecule has 7 N–H and O–H groups in total. The van der Waals surface area contributed by atoms with Crippen LogP contribution in [-0.2, 0) is 29.2 Å². The first-order valence-corrected chi connectivity index (χ1v) is 25.3. The van der Waals surface area contributed by atoms with E-state index < -0.39 is 0 Å². The van der Waals surface area contributed by atoms with Gasteiger partial charge in [0.1, 0.15) is 58.9 Å². The number of carbonyl (C=O) groups excluding carboxylic acids is 6. The Kier molecular flexibility index (Phi) is 29.3. The summed E-state index contributed by atoms with van der Waals surface area (Å²) in [7, 11) is 8.37. The molecule has 3 aromatic heterocycles. The molecular formula is C54H81N15O9. The van der Waals surface area contributed by atoms with E-state index in [4.69, 9.17) is 14.2 Å². The summed E-state index contributed by atoms with van der Waals surface area (Å²) in [5, 5.41) is 17.1. The Hall–Kier alpha value is -8.06. The maximum Gasteiger partial charge on any atom is 0.410 e. The first-order chi connectivity index (χ1) is 37.5. The van der Waals surface area contributed by atoms with Gasteiger partial charge >= 0.3 is 6.09 Å². The van der Waals surface area contributed by atoms with Crippen molar-refractivity contribution in [1.82, 2.24) is 49.5 Å². The molecule has 0 atom stereocenters. The number of ether oxygens (including phenoxy) is 3. The van der Waals surface area contributed by atoms with Gasteiger partial charge in [0.2, 0.25) is 12.4 Å². The molecule has 1 aliphatic rings. The second-order valence-electron chi connectivity index (χ2n) is 17.8. The number of likely N-dealkylation sites (N-methyl/N-ethyl adjacent to an activating group) is 1. The molecule has 78 heavy (non-hydrogen) atoms. The second-order valence-corrected chi connectivity index (χ2v) is 17.8.